The van der Waals surface area contributed by atoms with Crippen LogP contribution in [0.4, 0.5) is 11.4 Å². The van der Waals surface area contributed by atoms with Crippen molar-refractivity contribution in [1.29, 1.82) is 0 Å². The van der Waals surface area contributed by atoms with E-state index in [0.717, 1.165) is 35.8 Å². The minimum absolute atomic E-state index is 0.101. The Bertz CT molecular complexity index is 847. The molecular formula is C22H24ClN3O2. The molecule has 2 amide bonds. The van der Waals surface area contributed by atoms with Gasteiger partial charge in [0.2, 0.25) is 11.8 Å². The molecule has 0 radical (unpaired) electrons. The average Bonchev–Trinajstić information content (AvgIpc) is 3.15. The number of nitrogens with one attached hydrogen (secondary N) is 2. The van der Waals surface area contributed by atoms with Gasteiger partial charge in [0.15, 0.2) is 0 Å². The summed E-state index contributed by atoms with van der Waals surface area (Å²) in [6, 6.07) is 15.2. The van der Waals surface area contributed by atoms with Crippen molar-refractivity contribution in [2.24, 2.45) is 5.92 Å². The summed E-state index contributed by atoms with van der Waals surface area (Å²) in [6.07, 6.45) is 4.36. The standard InChI is InChI=1S/C22H24ClN3O2/c1-16(27)25-20-7-2-17(3-8-20)4-11-22(28)24-14-18-12-13-26(15-18)21-9-5-19(23)6-10-21/h2-11,18H,12-15H2,1H3,(H,24,28)(H,25,27)/b11-4+. The maximum Gasteiger partial charge on any atom is 0.244 e. The molecule has 0 bridgehead atoms. The van der Waals surface area contributed by atoms with Crippen LogP contribution >= 0.6 is 11.6 Å². The molecule has 6 heteroatoms. The topological polar surface area (TPSA) is 61.4 Å². The van der Waals surface area contributed by atoms with E-state index in [1.54, 1.807) is 12.2 Å². The first-order chi connectivity index (χ1) is 13.5. The first-order valence-corrected chi connectivity index (χ1v) is 9.71. The first-order valence-electron chi connectivity index (χ1n) is 9.34. The largest absolute Gasteiger partial charge is 0.371 e. The molecule has 1 atom stereocenters. The number of benzene rings is 2. The molecule has 2 aromatic carbocycles. The zero-order chi connectivity index (χ0) is 19.9. The highest BCUT2D eigenvalue weighted by atomic mass is 35.5. The van der Waals surface area contributed by atoms with Gasteiger partial charge in [-0.2, -0.15) is 0 Å². The van der Waals surface area contributed by atoms with Crippen LogP contribution in [-0.4, -0.2) is 31.4 Å². The number of anilines is 2. The van der Waals surface area contributed by atoms with Crippen molar-refractivity contribution in [3.8, 4) is 0 Å². The summed E-state index contributed by atoms with van der Waals surface area (Å²) >= 11 is 5.94. The molecule has 146 valence electrons. The number of carbonyl (C=O) groups excluding carboxylic acids is 2. The van der Waals surface area contributed by atoms with E-state index in [4.69, 9.17) is 11.6 Å². The number of carbonyl (C=O) groups is 2. The number of nitrogens with zero attached hydrogens (tertiary/aromatic N) is 1. The van der Waals surface area contributed by atoms with Crippen molar-refractivity contribution in [3.63, 3.8) is 0 Å². The molecule has 0 aliphatic carbocycles. The fourth-order valence-electron chi connectivity index (χ4n) is 3.24. The summed E-state index contributed by atoms with van der Waals surface area (Å²) in [5.74, 6) is 0.227. The molecule has 5 nitrogen and oxygen atoms in total. The highest BCUT2D eigenvalue weighted by Crippen LogP contribution is 2.24. The fraction of sp³-hybridized carbons (Fsp3) is 0.273. The van der Waals surface area contributed by atoms with Crippen molar-refractivity contribution in [2.75, 3.05) is 29.9 Å². The second kappa shape index (κ2) is 9.42. The lowest BCUT2D eigenvalue weighted by atomic mass is 10.1. The maximum atomic E-state index is 12.1. The summed E-state index contributed by atoms with van der Waals surface area (Å²) in [6.45, 7) is 4.04. The minimum Gasteiger partial charge on any atom is -0.371 e. The van der Waals surface area contributed by atoms with Crippen LogP contribution in [0, 0.1) is 5.92 Å². The summed E-state index contributed by atoms with van der Waals surface area (Å²) in [5, 5.41) is 6.44. The van der Waals surface area contributed by atoms with Gasteiger partial charge in [0.1, 0.15) is 0 Å². The van der Waals surface area contributed by atoms with Crippen LogP contribution in [0.15, 0.2) is 54.6 Å². The Kier molecular flexibility index (Phi) is 6.71. The van der Waals surface area contributed by atoms with Gasteiger partial charge < -0.3 is 15.5 Å². The Morgan fingerprint density at radius 1 is 1.14 bits per heavy atom. The Hall–Kier alpha value is -2.79. The molecule has 0 aromatic heterocycles. The third kappa shape index (κ3) is 5.86. The SMILES string of the molecule is CC(=O)Nc1ccc(/C=C/C(=O)NCC2CCN(c3ccc(Cl)cc3)C2)cc1. The smallest absolute Gasteiger partial charge is 0.244 e. The van der Waals surface area contributed by atoms with E-state index in [1.165, 1.54) is 12.6 Å². The molecule has 1 heterocycles. The molecule has 2 aromatic rings. The van der Waals surface area contributed by atoms with Crippen LogP contribution in [0.5, 0.6) is 0 Å². The predicted molar refractivity (Wildman–Crippen MR) is 115 cm³/mol. The molecule has 0 spiro atoms. The molecule has 1 aliphatic rings. The normalized spacial score (nSPS) is 16.4. The van der Waals surface area contributed by atoms with Crippen molar-refractivity contribution in [3.05, 3.63) is 65.2 Å². The van der Waals surface area contributed by atoms with Crippen molar-refractivity contribution in [2.45, 2.75) is 13.3 Å². The van der Waals surface area contributed by atoms with E-state index in [9.17, 15) is 9.59 Å². The van der Waals surface area contributed by atoms with E-state index in [0.29, 0.717) is 12.5 Å². The van der Waals surface area contributed by atoms with Crippen LogP contribution in [0.2, 0.25) is 5.02 Å². The van der Waals surface area contributed by atoms with Crippen molar-refractivity contribution < 1.29 is 9.59 Å². The Balaban J connectivity index is 1.43. The van der Waals surface area contributed by atoms with E-state index < -0.39 is 0 Å². The molecule has 1 saturated heterocycles. The summed E-state index contributed by atoms with van der Waals surface area (Å²) in [7, 11) is 0. The van der Waals surface area contributed by atoms with E-state index >= 15 is 0 Å². The van der Waals surface area contributed by atoms with Crippen LogP contribution in [0.1, 0.15) is 18.9 Å². The van der Waals surface area contributed by atoms with Gasteiger partial charge >= 0.3 is 0 Å². The third-order valence-electron chi connectivity index (χ3n) is 4.70. The van der Waals surface area contributed by atoms with E-state index in [-0.39, 0.29) is 11.8 Å². The van der Waals surface area contributed by atoms with Gasteiger partial charge in [-0.05, 0) is 60.4 Å². The summed E-state index contributed by atoms with van der Waals surface area (Å²) in [5.41, 5.74) is 2.81. The van der Waals surface area contributed by atoms with Crippen molar-refractivity contribution >= 4 is 40.9 Å². The van der Waals surface area contributed by atoms with Gasteiger partial charge in [0, 0.05) is 49.0 Å². The summed E-state index contributed by atoms with van der Waals surface area (Å²) in [4.78, 5) is 25.4. The molecule has 3 rings (SSSR count). The zero-order valence-electron chi connectivity index (χ0n) is 15.8. The lowest BCUT2D eigenvalue weighted by Crippen LogP contribution is -2.29. The molecule has 2 N–H and O–H groups in total. The number of amides is 2. The maximum absolute atomic E-state index is 12.1. The Labute approximate surface area is 170 Å². The Morgan fingerprint density at radius 2 is 1.86 bits per heavy atom. The molecule has 1 unspecified atom stereocenters. The highest BCUT2D eigenvalue weighted by molar-refractivity contribution is 6.30. The number of halogens is 1. The highest BCUT2D eigenvalue weighted by Gasteiger charge is 2.22. The fourth-order valence-corrected chi connectivity index (χ4v) is 3.37. The van der Waals surface area contributed by atoms with Crippen LogP contribution in [0.3, 0.4) is 0 Å². The number of hydrogen-bond acceptors (Lipinski definition) is 3. The third-order valence-corrected chi connectivity index (χ3v) is 4.95. The number of rotatable bonds is 6. The lowest BCUT2D eigenvalue weighted by molar-refractivity contribution is -0.116. The first kappa shape index (κ1) is 20.0. The Morgan fingerprint density at radius 3 is 2.54 bits per heavy atom. The van der Waals surface area contributed by atoms with Gasteiger partial charge in [0.25, 0.3) is 0 Å². The average molecular weight is 398 g/mol. The quantitative estimate of drug-likeness (QED) is 0.725. The summed E-state index contributed by atoms with van der Waals surface area (Å²) < 4.78 is 0. The monoisotopic (exact) mass is 397 g/mol. The molecule has 1 aliphatic heterocycles. The second-order valence-corrected chi connectivity index (χ2v) is 7.40. The predicted octanol–water partition coefficient (Wildman–Crippen LogP) is 3.95. The lowest BCUT2D eigenvalue weighted by Gasteiger charge is -2.18. The number of hydrogen-bond donors (Lipinski definition) is 2. The van der Waals surface area contributed by atoms with Crippen LogP contribution in [-0.2, 0) is 9.59 Å². The van der Waals surface area contributed by atoms with Crippen molar-refractivity contribution in [1.82, 2.24) is 5.32 Å². The van der Waals surface area contributed by atoms with Gasteiger partial charge in [-0.3, -0.25) is 9.59 Å². The molecule has 0 saturated carbocycles. The van der Waals surface area contributed by atoms with E-state index in [1.807, 2.05) is 48.5 Å². The minimum atomic E-state index is -0.107. The molecular weight excluding hydrogens is 374 g/mol. The van der Waals surface area contributed by atoms with Gasteiger partial charge in [-0.25, -0.2) is 0 Å². The molecule has 1 fully saturated rings. The van der Waals surface area contributed by atoms with Crippen LogP contribution < -0.4 is 15.5 Å². The van der Waals surface area contributed by atoms with Gasteiger partial charge in [-0.15, -0.1) is 0 Å². The van der Waals surface area contributed by atoms with E-state index in [2.05, 4.69) is 15.5 Å². The zero-order valence-corrected chi connectivity index (χ0v) is 16.6. The van der Waals surface area contributed by atoms with Crippen LogP contribution in [0.25, 0.3) is 6.08 Å². The molecule has 28 heavy (non-hydrogen) atoms. The van der Waals surface area contributed by atoms with Gasteiger partial charge in [0.05, 0.1) is 0 Å². The second-order valence-electron chi connectivity index (χ2n) is 6.96. The van der Waals surface area contributed by atoms with Gasteiger partial charge in [-0.1, -0.05) is 23.7 Å².